The fourth-order valence-corrected chi connectivity index (χ4v) is 4.83. The van der Waals surface area contributed by atoms with Crippen molar-refractivity contribution in [3.8, 4) is 6.07 Å². The SMILES string of the molecule is N#Cc1cccnc1N1CCN(C(=O)CCC(=O)N2CCSc3ccccc32)CC1. The van der Waals surface area contributed by atoms with E-state index in [0.717, 1.165) is 16.3 Å². The van der Waals surface area contributed by atoms with Crippen molar-refractivity contribution in [2.24, 2.45) is 0 Å². The number of hydrogen-bond donors (Lipinski definition) is 0. The Balaban J connectivity index is 1.30. The molecule has 154 valence electrons. The lowest BCUT2D eigenvalue weighted by Crippen LogP contribution is -2.49. The van der Waals surface area contributed by atoms with Crippen molar-refractivity contribution in [3.05, 3.63) is 48.2 Å². The van der Waals surface area contributed by atoms with Gasteiger partial charge in [-0.1, -0.05) is 12.1 Å². The van der Waals surface area contributed by atoms with Gasteiger partial charge in [0.1, 0.15) is 11.9 Å². The number of para-hydroxylation sites is 1. The Labute approximate surface area is 180 Å². The molecule has 0 spiro atoms. The van der Waals surface area contributed by atoms with Crippen LogP contribution in [0.15, 0.2) is 47.5 Å². The molecule has 0 aliphatic carbocycles. The molecule has 1 aromatic heterocycles. The van der Waals surface area contributed by atoms with Gasteiger partial charge in [0, 0.05) is 62.4 Å². The van der Waals surface area contributed by atoms with Crippen LogP contribution in [-0.2, 0) is 9.59 Å². The van der Waals surface area contributed by atoms with E-state index in [1.807, 2.05) is 34.1 Å². The third-order valence-electron chi connectivity index (χ3n) is 5.42. The molecule has 8 heteroatoms. The summed E-state index contributed by atoms with van der Waals surface area (Å²) in [7, 11) is 0. The van der Waals surface area contributed by atoms with E-state index in [1.165, 1.54) is 0 Å². The predicted octanol–water partition coefficient (Wildman–Crippen LogP) is 2.52. The second-order valence-corrected chi connectivity index (χ2v) is 8.35. The van der Waals surface area contributed by atoms with Crippen LogP contribution in [0, 0.1) is 11.3 Å². The first-order valence-electron chi connectivity index (χ1n) is 10.1. The predicted molar refractivity (Wildman–Crippen MR) is 116 cm³/mol. The summed E-state index contributed by atoms with van der Waals surface area (Å²) in [5, 5.41) is 9.26. The van der Waals surface area contributed by atoms with Crippen LogP contribution < -0.4 is 9.80 Å². The third-order valence-corrected chi connectivity index (χ3v) is 6.46. The van der Waals surface area contributed by atoms with Gasteiger partial charge in [0.2, 0.25) is 11.8 Å². The molecule has 1 aromatic carbocycles. The Kier molecular flexibility index (Phi) is 6.19. The van der Waals surface area contributed by atoms with Crippen LogP contribution >= 0.6 is 11.8 Å². The average Bonchev–Trinajstić information content (AvgIpc) is 2.82. The van der Waals surface area contributed by atoms with Crippen molar-refractivity contribution >= 4 is 35.1 Å². The number of piperazine rings is 1. The normalized spacial score (nSPS) is 16.0. The second kappa shape index (κ2) is 9.18. The van der Waals surface area contributed by atoms with E-state index in [2.05, 4.69) is 11.1 Å². The van der Waals surface area contributed by atoms with Gasteiger partial charge in [-0.15, -0.1) is 11.8 Å². The van der Waals surface area contributed by atoms with Crippen molar-refractivity contribution in [2.45, 2.75) is 17.7 Å². The lowest BCUT2D eigenvalue weighted by Gasteiger charge is -2.36. The van der Waals surface area contributed by atoms with E-state index in [1.54, 1.807) is 35.0 Å². The minimum atomic E-state index is 0.00174. The van der Waals surface area contributed by atoms with Crippen molar-refractivity contribution < 1.29 is 9.59 Å². The number of hydrogen-bond acceptors (Lipinski definition) is 6. The van der Waals surface area contributed by atoms with E-state index in [-0.39, 0.29) is 24.7 Å². The number of rotatable bonds is 4. The van der Waals surface area contributed by atoms with Crippen molar-refractivity contribution in [1.29, 1.82) is 5.26 Å². The van der Waals surface area contributed by atoms with E-state index >= 15 is 0 Å². The van der Waals surface area contributed by atoms with E-state index in [0.29, 0.717) is 44.1 Å². The Morgan fingerprint density at radius 3 is 2.57 bits per heavy atom. The molecular weight excluding hydrogens is 398 g/mol. The van der Waals surface area contributed by atoms with Gasteiger partial charge < -0.3 is 14.7 Å². The summed E-state index contributed by atoms with van der Waals surface area (Å²) >= 11 is 1.76. The first kappa shape index (κ1) is 20.2. The van der Waals surface area contributed by atoms with Gasteiger partial charge in [-0.25, -0.2) is 4.98 Å². The van der Waals surface area contributed by atoms with Gasteiger partial charge in [0.25, 0.3) is 0 Å². The molecule has 2 amide bonds. The molecule has 0 radical (unpaired) electrons. The summed E-state index contributed by atoms with van der Waals surface area (Å²) in [6.07, 6.45) is 2.12. The molecule has 2 aromatic rings. The zero-order valence-corrected chi connectivity index (χ0v) is 17.5. The molecule has 0 saturated carbocycles. The number of anilines is 2. The zero-order chi connectivity index (χ0) is 20.9. The highest BCUT2D eigenvalue weighted by atomic mass is 32.2. The number of pyridine rings is 1. The van der Waals surface area contributed by atoms with Gasteiger partial charge >= 0.3 is 0 Å². The highest BCUT2D eigenvalue weighted by molar-refractivity contribution is 7.99. The Morgan fingerprint density at radius 2 is 1.77 bits per heavy atom. The molecule has 0 bridgehead atoms. The molecule has 0 atom stereocenters. The number of amides is 2. The number of carbonyl (C=O) groups is 2. The average molecular weight is 422 g/mol. The van der Waals surface area contributed by atoms with Crippen LogP contribution in [0.1, 0.15) is 18.4 Å². The number of thioether (sulfide) groups is 1. The van der Waals surface area contributed by atoms with Gasteiger partial charge in [-0.2, -0.15) is 5.26 Å². The summed E-state index contributed by atoms with van der Waals surface area (Å²) in [5.41, 5.74) is 1.49. The highest BCUT2D eigenvalue weighted by Gasteiger charge is 2.26. The maximum absolute atomic E-state index is 12.8. The molecule has 2 aliphatic heterocycles. The molecule has 1 saturated heterocycles. The monoisotopic (exact) mass is 421 g/mol. The maximum atomic E-state index is 12.8. The van der Waals surface area contributed by atoms with E-state index in [9.17, 15) is 14.9 Å². The van der Waals surface area contributed by atoms with Crippen LogP contribution in [0.25, 0.3) is 0 Å². The number of carbonyl (C=O) groups excluding carboxylic acids is 2. The lowest BCUT2D eigenvalue weighted by molar-refractivity contribution is -0.133. The molecule has 1 fully saturated rings. The summed E-state index contributed by atoms with van der Waals surface area (Å²) in [5.74, 6) is 1.55. The second-order valence-electron chi connectivity index (χ2n) is 7.22. The summed E-state index contributed by atoms with van der Waals surface area (Å²) in [6, 6.07) is 13.6. The Hall–Kier alpha value is -3.05. The minimum absolute atomic E-state index is 0.00174. The van der Waals surface area contributed by atoms with Crippen LogP contribution in [-0.4, -0.2) is 60.2 Å². The summed E-state index contributed by atoms with van der Waals surface area (Å²) < 4.78 is 0. The van der Waals surface area contributed by atoms with E-state index < -0.39 is 0 Å². The smallest absolute Gasteiger partial charge is 0.227 e. The quantitative estimate of drug-likeness (QED) is 0.755. The summed E-state index contributed by atoms with van der Waals surface area (Å²) in [6.45, 7) is 3.07. The van der Waals surface area contributed by atoms with Crippen molar-refractivity contribution in [3.63, 3.8) is 0 Å². The first-order chi connectivity index (χ1) is 14.7. The standard InChI is InChI=1S/C22H23N5O2S/c23-16-17-4-3-9-24-22(17)26-12-10-25(11-13-26)20(28)7-8-21(29)27-14-15-30-19-6-2-1-5-18(19)27/h1-6,9H,7-8,10-15H2. The van der Waals surface area contributed by atoms with Gasteiger partial charge in [0.05, 0.1) is 11.3 Å². The van der Waals surface area contributed by atoms with Crippen molar-refractivity contribution in [1.82, 2.24) is 9.88 Å². The molecule has 2 aliphatic rings. The lowest BCUT2D eigenvalue weighted by atomic mass is 10.2. The molecule has 0 N–H and O–H groups in total. The van der Waals surface area contributed by atoms with Crippen LogP contribution in [0.5, 0.6) is 0 Å². The van der Waals surface area contributed by atoms with Crippen LogP contribution in [0.3, 0.4) is 0 Å². The van der Waals surface area contributed by atoms with Crippen LogP contribution in [0.2, 0.25) is 0 Å². The molecule has 3 heterocycles. The number of nitrogens with zero attached hydrogens (tertiary/aromatic N) is 5. The topological polar surface area (TPSA) is 80.5 Å². The molecule has 30 heavy (non-hydrogen) atoms. The fourth-order valence-electron chi connectivity index (χ4n) is 3.84. The molecule has 4 rings (SSSR count). The highest BCUT2D eigenvalue weighted by Crippen LogP contribution is 2.34. The number of aromatic nitrogens is 1. The third kappa shape index (κ3) is 4.26. The van der Waals surface area contributed by atoms with Crippen LogP contribution in [0.4, 0.5) is 11.5 Å². The Bertz CT molecular complexity index is 981. The molecule has 0 unspecified atom stereocenters. The van der Waals surface area contributed by atoms with Gasteiger partial charge in [-0.3, -0.25) is 9.59 Å². The first-order valence-corrected chi connectivity index (χ1v) is 11.1. The Morgan fingerprint density at radius 1 is 1.00 bits per heavy atom. The maximum Gasteiger partial charge on any atom is 0.227 e. The van der Waals surface area contributed by atoms with Crippen molar-refractivity contribution in [2.75, 3.05) is 48.3 Å². The largest absolute Gasteiger partial charge is 0.352 e. The number of fused-ring (bicyclic) bond motifs is 1. The van der Waals surface area contributed by atoms with E-state index in [4.69, 9.17) is 0 Å². The molecule has 7 nitrogen and oxygen atoms in total. The number of nitriles is 1. The zero-order valence-electron chi connectivity index (χ0n) is 16.7. The summed E-state index contributed by atoms with van der Waals surface area (Å²) in [4.78, 5) is 36.5. The van der Waals surface area contributed by atoms with Gasteiger partial charge in [-0.05, 0) is 24.3 Å². The molecular formula is C22H23N5O2S. The fraction of sp³-hybridized carbons (Fsp3) is 0.364. The minimum Gasteiger partial charge on any atom is -0.352 e. The van der Waals surface area contributed by atoms with Gasteiger partial charge in [0.15, 0.2) is 0 Å². The number of benzene rings is 1.